The molecule has 25 heavy (non-hydrogen) atoms. The highest BCUT2D eigenvalue weighted by Crippen LogP contribution is 2.32. The van der Waals surface area contributed by atoms with Crippen molar-refractivity contribution in [3.63, 3.8) is 0 Å². The summed E-state index contributed by atoms with van der Waals surface area (Å²) in [6, 6.07) is 12.1. The molecule has 1 aliphatic heterocycles. The van der Waals surface area contributed by atoms with Gasteiger partial charge in [0.2, 0.25) is 0 Å². The van der Waals surface area contributed by atoms with Crippen LogP contribution in [0.2, 0.25) is 10.0 Å². The van der Waals surface area contributed by atoms with Crippen LogP contribution in [0.1, 0.15) is 12.5 Å². The van der Waals surface area contributed by atoms with Gasteiger partial charge in [0.15, 0.2) is 0 Å². The van der Waals surface area contributed by atoms with Crippen molar-refractivity contribution in [2.24, 2.45) is 0 Å². The van der Waals surface area contributed by atoms with Crippen LogP contribution >= 0.6 is 23.2 Å². The van der Waals surface area contributed by atoms with Gasteiger partial charge in [-0.05, 0) is 48.7 Å². The largest absolute Gasteiger partial charge is 0.369 e. The summed E-state index contributed by atoms with van der Waals surface area (Å²) in [6.45, 7) is 10.2. The SMILES string of the molecule is [CH2]c1ccc(-c2ccc(Cl)c(Cl)c2)cc1N1CCN(C(C)OC)CC1. The average molecular weight is 378 g/mol. The van der Waals surface area contributed by atoms with Crippen molar-refractivity contribution in [2.75, 3.05) is 38.2 Å². The Kier molecular flexibility index (Phi) is 5.90. The summed E-state index contributed by atoms with van der Waals surface area (Å²) in [6.07, 6.45) is 0.156. The van der Waals surface area contributed by atoms with Gasteiger partial charge in [-0.25, -0.2) is 0 Å². The molecule has 1 heterocycles. The first kappa shape index (κ1) is 18.5. The third-order valence-electron chi connectivity index (χ3n) is 4.85. The third kappa shape index (κ3) is 4.12. The minimum absolute atomic E-state index is 0.156. The molecule has 3 nitrogen and oxygen atoms in total. The van der Waals surface area contributed by atoms with E-state index in [0.717, 1.165) is 42.9 Å². The summed E-state index contributed by atoms with van der Waals surface area (Å²) < 4.78 is 5.42. The Morgan fingerprint density at radius 2 is 1.60 bits per heavy atom. The quantitative estimate of drug-likeness (QED) is 0.748. The lowest BCUT2D eigenvalue weighted by molar-refractivity contribution is -0.0212. The third-order valence-corrected chi connectivity index (χ3v) is 5.59. The molecule has 0 aliphatic carbocycles. The standard InChI is InChI=1S/C20H23Cl2N2O/c1-14-4-5-17(16-6-7-18(21)19(22)12-16)13-20(14)24-10-8-23(9-11-24)15(2)25-3/h4-7,12-13,15H,1,8-11H2,2-3H3. The molecular formula is C20H23Cl2N2O. The zero-order valence-corrected chi connectivity index (χ0v) is 16.1. The Morgan fingerprint density at radius 3 is 2.24 bits per heavy atom. The van der Waals surface area contributed by atoms with E-state index in [1.165, 1.54) is 5.69 Å². The molecule has 1 radical (unpaired) electrons. The van der Waals surface area contributed by atoms with Crippen molar-refractivity contribution in [3.05, 3.63) is 58.9 Å². The van der Waals surface area contributed by atoms with Gasteiger partial charge in [0.05, 0.1) is 10.0 Å². The van der Waals surface area contributed by atoms with Crippen LogP contribution in [0.15, 0.2) is 36.4 Å². The molecule has 0 bridgehead atoms. The molecule has 1 atom stereocenters. The first-order chi connectivity index (χ1) is 12.0. The van der Waals surface area contributed by atoms with Crippen LogP contribution in [-0.4, -0.2) is 44.4 Å². The lowest BCUT2D eigenvalue weighted by Gasteiger charge is -2.39. The number of hydrogen-bond donors (Lipinski definition) is 0. The molecule has 3 rings (SSSR count). The lowest BCUT2D eigenvalue weighted by atomic mass is 10.0. The van der Waals surface area contributed by atoms with E-state index in [2.05, 4.69) is 41.8 Å². The van der Waals surface area contributed by atoms with E-state index < -0.39 is 0 Å². The monoisotopic (exact) mass is 377 g/mol. The predicted octanol–water partition coefficient (Wildman–Crippen LogP) is 4.96. The minimum Gasteiger partial charge on any atom is -0.369 e. The van der Waals surface area contributed by atoms with Gasteiger partial charge in [-0.2, -0.15) is 0 Å². The van der Waals surface area contributed by atoms with E-state index in [1.54, 1.807) is 7.11 Å². The zero-order chi connectivity index (χ0) is 18.0. The summed E-state index contributed by atoms with van der Waals surface area (Å²) in [4.78, 5) is 4.74. The maximum Gasteiger partial charge on any atom is 0.107 e. The fourth-order valence-corrected chi connectivity index (χ4v) is 3.49. The molecule has 0 aromatic heterocycles. The number of nitrogens with zero attached hydrogens (tertiary/aromatic N) is 2. The van der Waals surface area contributed by atoms with E-state index >= 15 is 0 Å². The van der Waals surface area contributed by atoms with Gasteiger partial charge in [-0.3, -0.25) is 4.90 Å². The number of anilines is 1. The molecule has 0 N–H and O–H groups in total. The second-order valence-corrected chi connectivity index (χ2v) is 7.14. The van der Waals surface area contributed by atoms with E-state index in [0.29, 0.717) is 10.0 Å². The Bertz CT molecular complexity index is 742. The lowest BCUT2D eigenvalue weighted by Crippen LogP contribution is -2.50. The molecule has 1 saturated heterocycles. The van der Waals surface area contributed by atoms with Crippen LogP contribution in [0, 0.1) is 6.92 Å². The van der Waals surface area contributed by atoms with Gasteiger partial charge in [0, 0.05) is 39.0 Å². The van der Waals surface area contributed by atoms with Gasteiger partial charge in [-0.1, -0.05) is 41.4 Å². The maximum absolute atomic E-state index is 6.17. The molecule has 0 spiro atoms. The highest BCUT2D eigenvalue weighted by molar-refractivity contribution is 6.42. The summed E-state index contributed by atoms with van der Waals surface area (Å²) in [5.41, 5.74) is 4.39. The number of ether oxygens (including phenoxy) is 1. The number of hydrogen-bond acceptors (Lipinski definition) is 3. The smallest absolute Gasteiger partial charge is 0.107 e. The molecule has 0 amide bonds. The highest BCUT2D eigenvalue weighted by atomic mass is 35.5. The maximum atomic E-state index is 6.17. The summed E-state index contributed by atoms with van der Waals surface area (Å²) in [5, 5.41) is 1.14. The first-order valence-electron chi connectivity index (χ1n) is 8.43. The first-order valence-corrected chi connectivity index (χ1v) is 9.18. The number of halogens is 2. The Labute approximate surface area is 160 Å². The van der Waals surface area contributed by atoms with Gasteiger partial charge in [0.1, 0.15) is 6.23 Å². The summed E-state index contributed by atoms with van der Waals surface area (Å²) in [7, 11) is 1.76. The van der Waals surface area contributed by atoms with Gasteiger partial charge >= 0.3 is 0 Å². The van der Waals surface area contributed by atoms with Crippen molar-refractivity contribution in [1.29, 1.82) is 0 Å². The second kappa shape index (κ2) is 7.96. The number of rotatable bonds is 4. The number of methoxy groups -OCH3 is 1. The summed E-state index contributed by atoms with van der Waals surface area (Å²) in [5.74, 6) is 0. The van der Waals surface area contributed by atoms with Gasteiger partial charge in [-0.15, -0.1) is 0 Å². The molecule has 1 fully saturated rings. The predicted molar refractivity (Wildman–Crippen MR) is 107 cm³/mol. The fourth-order valence-electron chi connectivity index (χ4n) is 3.19. The Morgan fingerprint density at radius 1 is 0.960 bits per heavy atom. The topological polar surface area (TPSA) is 15.7 Å². The average Bonchev–Trinajstić information content (AvgIpc) is 2.64. The van der Waals surface area contributed by atoms with Crippen molar-refractivity contribution in [3.8, 4) is 11.1 Å². The van der Waals surface area contributed by atoms with Crippen LogP contribution in [0.25, 0.3) is 11.1 Å². The molecule has 133 valence electrons. The van der Waals surface area contributed by atoms with Crippen LogP contribution < -0.4 is 4.90 Å². The minimum atomic E-state index is 0.156. The fraction of sp³-hybridized carbons (Fsp3) is 0.350. The Hall–Kier alpha value is -1.26. The molecule has 1 unspecified atom stereocenters. The molecule has 2 aromatic rings. The van der Waals surface area contributed by atoms with E-state index in [1.807, 2.05) is 18.2 Å². The zero-order valence-electron chi connectivity index (χ0n) is 14.6. The number of benzene rings is 2. The molecule has 5 heteroatoms. The molecule has 1 aliphatic rings. The second-order valence-electron chi connectivity index (χ2n) is 6.33. The van der Waals surface area contributed by atoms with Crippen molar-refractivity contribution >= 4 is 28.9 Å². The highest BCUT2D eigenvalue weighted by Gasteiger charge is 2.22. The molecule has 2 aromatic carbocycles. The molecular weight excluding hydrogens is 355 g/mol. The van der Waals surface area contributed by atoms with Gasteiger partial charge < -0.3 is 9.64 Å². The van der Waals surface area contributed by atoms with Crippen LogP contribution in [0.5, 0.6) is 0 Å². The normalized spacial score (nSPS) is 16.9. The van der Waals surface area contributed by atoms with Gasteiger partial charge in [0.25, 0.3) is 0 Å². The van der Waals surface area contributed by atoms with Crippen LogP contribution in [-0.2, 0) is 4.74 Å². The Balaban J connectivity index is 1.82. The summed E-state index contributed by atoms with van der Waals surface area (Å²) >= 11 is 12.2. The number of piperazine rings is 1. The van der Waals surface area contributed by atoms with E-state index in [9.17, 15) is 0 Å². The van der Waals surface area contributed by atoms with E-state index in [4.69, 9.17) is 27.9 Å². The van der Waals surface area contributed by atoms with Crippen molar-refractivity contribution in [2.45, 2.75) is 13.2 Å². The van der Waals surface area contributed by atoms with Crippen molar-refractivity contribution < 1.29 is 4.74 Å². The molecule has 0 saturated carbocycles. The van der Waals surface area contributed by atoms with Crippen LogP contribution in [0.3, 0.4) is 0 Å². The van der Waals surface area contributed by atoms with Crippen molar-refractivity contribution in [1.82, 2.24) is 4.90 Å². The van der Waals surface area contributed by atoms with Crippen LogP contribution in [0.4, 0.5) is 5.69 Å². The van der Waals surface area contributed by atoms with E-state index in [-0.39, 0.29) is 6.23 Å².